The van der Waals surface area contributed by atoms with E-state index in [-0.39, 0.29) is 42.7 Å². The fourth-order valence-electron chi connectivity index (χ4n) is 6.72. The fraction of sp³-hybridized carbons (Fsp3) is 0.780. The van der Waals surface area contributed by atoms with Gasteiger partial charge in [0.15, 0.2) is 6.10 Å². The Morgan fingerprint density at radius 3 is 1.36 bits per heavy atom. The third kappa shape index (κ3) is 38.8. The van der Waals surface area contributed by atoms with Crippen molar-refractivity contribution in [2.45, 2.75) is 212 Å². The first kappa shape index (κ1) is 55.3. The van der Waals surface area contributed by atoms with E-state index in [1.807, 2.05) is 0 Å². The molecule has 8 nitrogen and oxygen atoms in total. The number of aliphatic carboxylic acids is 1. The van der Waals surface area contributed by atoms with Gasteiger partial charge in [0, 0.05) is 19.3 Å². The van der Waals surface area contributed by atoms with E-state index in [0.717, 1.165) is 70.6 Å². The molecule has 0 N–H and O–H groups in total. The number of carboxylic acid groups (broad SMARTS) is 1. The van der Waals surface area contributed by atoms with Crippen LogP contribution in [0.3, 0.4) is 0 Å². The summed E-state index contributed by atoms with van der Waals surface area (Å²) in [7, 11) is 5.40. The lowest BCUT2D eigenvalue weighted by atomic mass is 10.1. The van der Waals surface area contributed by atoms with Crippen molar-refractivity contribution in [3.8, 4) is 0 Å². The van der Waals surface area contributed by atoms with Crippen LogP contribution in [0.25, 0.3) is 0 Å². The van der Waals surface area contributed by atoms with Crippen LogP contribution in [0.2, 0.25) is 0 Å². The van der Waals surface area contributed by atoms with Crippen LogP contribution in [0.15, 0.2) is 48.6 Å². The number of esters is 2. The molecule has 0 aromatic carbocycles. The summed E-state index contributed by atoms with van der Waals surface area (Å²) in [5.74, 6) is -1.75. The average Bonchev–Trinajstić information content (AvgIpc) is 3.18. The van der Waals surface area contributed by atoms with Crippen molar-refractivity contribution in [3.63, 3.8) is 0 Å². The first-order valence-electron chi connectivity index (χ1n) is 23.7. The van der Waals surface area contributed by atoms with Gasteiger partial charge in [-0.3, -0.25) is 9.59 Å². The Hall–Kier alpha value is -2.71. The molecule has 0 aliphatic heterocycles. The molecule has 0 rings (SSSR count). The Bertz CT molecular complexity index is 1090. The Morgan fingerprint density at radius 2 is 0.914 bits per heavy atom. The number of hydrogen-bond donors (Lipinski definition) is 0. The molecule has 0 saturated carbocycles. The number of hydrogen-bond acceptors (Lipinski definition) is 7. The van der Waals surface area contributed by atoms with Crippen molar-refractivity contribution < 1.29 is 38.2 Å². The minimum absolute atomic E-state index is 0.0355. The van der Waals surface area contributed by atoms with Gasteiger partial charge in [-0.15, -0.1) is 0 Å². The number of carbonyl (C=O) groups excluding carboxylic acids is 3. The van der Waals surface area contributed by atoms with E-state index in [4.69, 9.17) is 14.2 Å². The second kappa shape index (κ2) is 41.0. The largest absolute Gasteiger partial charge is 0.544 e. The number of quaternary nitrogens is 1. The minimum Gasteiger partial charge on any atom is -0.544 e. The van der Waals surface area contributed by atoms with E-state index >= 15 is 0 Å². The average molecular weight is 816 g/mol. The van der Waals surface area contributed by atoms with Crippen LogP contribution in [0.1, 0.15) is 200 Å². The quantitative estimate of drug-likeness (QED) is 0.0262. The molecular weight excluding hydrogens is 727 g/mol. The lowest BCUT2D eigenvalue weighted by Crippen LogP contribution is -2.55. The van der Waals surface area contributed by atoms with Crippen LogP contribution in [-0.4, -0.2) is 75.5 Å². The Morgan fingerprint density at radius 1 is 0.517 bits per heavy atom. The smallest absolute Gasteiger partial charge is 0.306 e. The van der Waals surface area contributed by atoms with Gasteiger partial charge in [0.25, 0.3) is 0 Å². The minimum atomic E-state index is -1.13. The molecule has 0 fully saturated rings. The number of rotatable bonds is 42. The van der Waals surface area contributed by atoms with Gasteiger partial charge in [0.1, 0.15) is 12.6 Å². The second-order valence-corrected chi connectivity index (χ2v) is 17.0. The van der Waals surface area contributed by atoms with Crippen molar-refractivity contribution >= 4 is 17.9 Å². The first-order valence-corrected chi connectivity index (χ1v) is 23.7. The van der Waals surface area contributed by atoms with E-state index in [2.05, 4.69) is 62.5 Å². The predicted molar refractivity (Wildman–Crippen MR) is 240 cm³/mol. The molecule has 2 atom stereocenters. The molecule has 0 bridgehead atoms. The number of ether oxygens (including phenoxy) is 3. The number of unbranched alkanes of at least 4 members (excludes halogenated alkanes) is 20. The molecule has 8 heteroatoms. The van der Waals surface area contributed by atoms with Crippen LogP contribution in [-0.2, 0) is 28.6 Å². The number of nitrogens with zero attached hydrogens (tertiary/aromatic N) is 1. The van der Waals surface area contributed by atoms with Crippen molar-refractivity contribution in [2.24, 2.45) is 0 Å². The van der Waals surface area contributed by atoms with Crippen molar-refractivity contribution in [1.29, 1.82) is 0 Å². The summed E-state index contributed by atoms with van der Waals surface area (Å²) in [5, 5.41) is 11.6. The predicted octanol–water partition coefficient (Wildman–Crippen LogP) is 11.9. The van der Waals surface area contributed by atoms with Crippen LogP contribution >= 0.6 is 0 Å². The summed E-state index contributed by atoms with van der Waals surface area (Å²) < 4.78 is 17.2. The molecule has 0 radical (unpaired) electrons. The van der Waals surface area contributed by atoms with Crippen LogP contribution in [0, 0.1) is 0 Å². The van der Waals surface area contributed by atoms with Gasteiger partial charge in [-0.1, -0.05) is 152 Å². The second-order valence-electron chi connectivity index (χ2n) is 17.0. The van der Waals surface area contributed by atoms with Gasteiger partial charge in [0.05, 0.1) is 40.3 Å². The highest BCUT2D eigenvalue weighted by molar-refractivity contribution is 5.70. The summed E-state index contributed by atoms with van der Waals surface area (Å²) in [5.41, 5.74) is 0. The maximum Gasteiger partial charge on any atom is 0.306 e. The number of allylic oxidation sites excluding steroid dienone is 8. The third-order valence-corrected chi connectivity index (χ3v) is 10.4. The molecule has 0 heterocycles. The zero-order chi connectivity index (χ0) is 42.8. The van der Waals surface area contributed by atoms with E-state index < -0.39 is 18.1 Å². The lowest BCUT2D eigenvalue weighted by molar-refractivity contribution is -0.889. The van der Waals surface area contributed by atoms with Crippen LogP contribution < -0.4 is 5.11 Å². The Labute approximate surface area is 356 Å². The van der Waals surface area contributed by atoms with Gasteiger partial charge in [-0.2, -0.15) is 0 Å². The molecule has 0 aliphatic rings. The zero-order valence-electron chi connectivity index (χ0n) is 38.2. The Balaban J connectivity index is 4.25. The van der Waals surface area contributed by atoms with E-state index in [9.17, 15) is 19.5 Å². The highest BCUT2D eigenvalue weighted by Crippen LogP contribution is 2.14. The fourth-order valence-corrected chi connectivity index (χ4v) is 6.72. The molecule has 0 amide bonds. The molecule has 0 spiro atoms. The number of carbonyl (C=O) groups is 3. The molecule has 0 aliphatic carbocycles. The Kier molecular flexibility index (Phi) is 39.1. The summed E-state index contributed by atoms with van der Waals surface area (Å²) in [6.07, 6.45) is 48.5. The summed E-state index contributed by atoms with van der Waals surface area (Å²) >= 11 is 0. The molecule has 0 saturated heterocycles. The van der Waals surface area contributed by atoms with E-state index in [0.29, 0.717) is 12.8 Å². The van der Waals surface area contributed by atoms with Crippen LogP contribution in [0.4, 0.5) is 0 Å². The van der Waals surface area contributed by atoms with Crippen molar-refractivity contribution in [2.75, 3.05) is 41.0 Å². The topological polar surface area (TPSA) is 102 Å². The van der Waals surface area contributed by atoms with Gasteiger partial charge >= 0.3 is 11.9 Å². The lowest BCUT2D eigenvalue weighted by Gasteiger charge is -2.34. The third-order valence-electron chi connectivity index (χ3n) is 10.4. The SMILES string of the molecule is CCCCC/C=C/C/C=C/C/C=C/CCCCCCCCCCCC(=O)OCC(COCCC(C(=O)[O-])[N+](C)(C)C)OC(=O)CCCCCCC/C=C/CCCCC. The van der Waals surface area contributed by atoms with Crippen LogP contribution in [0.5, 0.6) is 0 Å². The maximum absolute atomic E-state index is 12.7. The normalized spacial score (nSPS) is 13.3. The monoisotopic (exact) mass is 816 g/mol. The molecule has 58 heavy (non-hydrogen) atoms. The van der Waals surface area contributed by atoms with E-state index in [1.165, 1.54) is 96.3 Å². The number of likely N-dealkylation sites (N-methyl/N-ethyl adjacent to an activating group) is 1. The van der Waals surface area contributed by atoms with Gasteiger partial charge in [-0.25, -0.2) is 0 Å². The summed E-state index contributed by atoms with van der Waals surface area (Å²) in [6, 6.07) is -0.728. The summed E-state index contributed by atoms with van der Waals surface area (Å²) in [6.45, 7) is 4.60. The molecule has 2 unspecified atom stereocenters. The van der Waals surface area contributed by atoms with Gasteiger partial charge in [0.2, 0.25) is 0 Å². The highest BCUT2D eigenvalue weighted by atomic mass is 16.6. The first-order chi connectivity index (χ1) is 28.1. The zero-order valence-corrected chi connectivity index (χ0v) is 38.2. The van der Waals surface area contributed by atoms with Gasteiger partial charge < -0.3 is 28.6 Å². The van der Waals surface area contributed by atoms with Gasteiger partial charge in [-0.05, 0) is 77.0 Å². The summed E-state index contributed by atoms with van der Waals surface area (Å²) in [4.78, 5) is 36.9. The van der Waals surface area contributed by atoms with E-state index in [1.54, 1.807) is 21.1 Å². The van der Waals surface area contributed by atoms with Crippen molar-refractivity contribution in [1.82, 2.24) is 0 Å². The molecule has 0 aromatic rings. The standard InChI is InChI=1S/C50H89NO7/c1-6-8-10-12-14-16-18-20-21-22-23-24-25-26-27-28-29-31-32-34-36-38-40-48(52)57-45-46(44-56-43-42-47(50(54)55)51(3,4)5)58-49(53)41-39-37-35-33-30-19-17-15-13-11-9-7-2/h14-17,20-21,23-24,46-47H,6-13,18-19,22,25-45H2,1-5H3/b16-14+,17-15+,21-20+,24-23+. The maximum atomic E-state index is 12.7. The molecular formula is C50H89NO7. The number of carboxylic acids is 1. The highest BCUT2D eigenvalue weighted by Gasteiger charge is 2.25. The molecule has 336 valence electrons. The molecule has 0 aromatic heterocycles. The van der Waals surface area contributed by atoms with Crippen molar-refractivity contribution in [3.05, 3.63) is 48.6 Å².